The number of hydrogen-bond acceptors (Lipinski definition) is 6. The summed E-state index contributed by atoms with van der Waals surface area (Å²) in [5, 5.41) is 13.3. The largest absolute Gasteiger partial charge is 0.481 e. The standard InChI is InChI=1S/C33H62BN5O5.CH4/c1-7-8-9-10-11-12-13-14-15-16-18-25(19-17-20-36-31(35)38-39(41)42)30(40)37-29(21-24(2)3)34-43-28-23-26-22-27(32(26,4)5)33(28,6)44-34;/h24-29H,7-23H2,1-6H3,(H,37,40)(H3,35,36,38);1H4/t25-,26-,27-,28+,29-,33-;/m0./s1. The highest BCUT2D eigenvalue weighted by molar-refractivity contribution is 6.47. The van der Waals surface area contributed by atoms with Gasteiger partial charge in [-0.15, -0.1) is 0 Å². The minimum absolute atomic E-state index is 0. The number of amides is 1. The molecule has 1 aliphatic heterocycles. The molecule has 0 aromatic carbocycles. The number of guanidine groups is 1. The molecule has 0 aromatic heterocycles. The van der Waals surface area contributed by atoms with E-state index in [1.165, 1.54) is 57.8 Å². The lowest BCUT2D eigenvalue weighted by atomic mass is 9.43. The Bertz CT molecular complexity index is 950. The van der Waals surface area contributed by atoms with Crippen molar-refractivity contribution in [2.24, 2.45) is 39.8 Å². The quantitative estimate of drug-likeness (QED) is 0.0302. The molecular formula is C34H66BN5O5. The first kappa shape index (κ1) is 39.3. The molecule has 1 amide bonds. The van der Waals surface area contributed by atoms with Gasteiger partial charge in [0.05, 0.1) is 17.6 Å². The van der Waals surface area contributed by atoms with Crippen molar-refractivity contribution in [3.63, 3.8) is 0 Å². The van der Waals surface area contributed by atoms with Crippen molar-refractivity contribution in [3.05, 3.63) is 10.1 Å². The number of carbonyl (C=O) groups is 1. The third-order valence-electron chi connectivity index (χ3n) is 10.8. The van der Waals surface area contributed by atoms with Crippen molar-refractivity contribution < 1.29 is 19.1 Å². The second-order valence-corrected chi connectivity index (χ2v) is 15.0. The second-order valence-electron chi connectivity index (χ2n) is 15.0. The number of carbonyl (C=O) groups excluding carboxylic acids is 1. The predicted octanol–water partition coefficient (Wildman–Crippen LogP) is 7.22. The number of hydrazine groups is 1. The smallest absolute Gasteiger partial charge is 0.404 e. The molecule has 11 heteroatoms. The molecule has 260 valence electrons. The Kier molecular flexibility index (Phi) is 16.1. The van der Waals surface area contributed by atoms with E-state index in [1.54, 1.807) is 0 Å². The summed E-state index contributed by atoms with van der Waals surface area (Å²) in [7, 11) is -0.443. The number of aliphatic imine (C=N–C) groups is 1. The molecule has 4 fully saturated rings. The van der Waals surface area contributed by atoms with E-state index in [1.807, 2.05) is 5.43 Å². The predicted molar refractivity (Wildman–Crippen MR) is 184 cm³/mol. The Labute approximate surface area is 274 Å². The normalized spacial score (nSPS) is 26.4. The van der Waals surface area contributed by atoms with Crippen molar-refractivity contribution in [1.82, 2.24) is 10.7 Å². The topological polar surface area (TPSA) is 141 Å². The van der Waals surface area contributed by atoms with Gasteiger partial charge in [-0.2, -0.15) is 0 Å². The summed E-state index contributed by atoms with van der Waals surface area (Å²) in [6.07, 6.45) is 17.7. The minimum Gasteiger partial charge on any atom is -0.404 e. The van der Waals surface area contributed by atoms with Crippen molar-refractivity contribution in [2.45, 2.75) is 169 Å². The zero-order valence-corrected chi connectivity index (χ0v) is 28.6. The number of nitrogens with two attached hydrogens (primary N) is 1. The van der Waals surface area contributed by atoms with Crippen LogP contribution in [0.5, 0.6) is 0 Å². The van der Waals surface area contributed by atoms with Gasteiger partial charge < -0.3 is 20.4 Å². The second kappa shape index (κ2) is 18.5. The van der Waals surface area contributed by atoms with E-state index in [0.717, 1.165) is 32.1 Å². The van der Waals surface area contributed by atoms with Crippen LogP contribution in [0, 0.1) is 39.2 Å². The molecule has 1 heterocycles. The summed E-state index contributed by atoms with van der Waals surface area (Å²) in [6.45, 7) is 13.9. The molecule has 4 rings (SSSR count). The van der Waals surface area contributed by atoms with Crippen molar-refractivity contribution in [1.29, 1.82) is 0 Å². The molecule has 0 unspecified atom stereocenters. The van der Waals surface area contributed by atoms with Crippen molar-refractivity contribution >= 4 is 19.0 Å². The van der Waals surface area contributed by atoms with Gasteiger partial charge in [-0.25, -0.2) is 15.1 Å². The molecule has 0 aromatic rings. The van der Waals surface area contributed by atoms with Crippen LogP contribution in [-0.4, -0.2) is 48.2 Å². The van der Waals surface area contributed by atoms with Gasteiger partial charge in [-0.3, -0.25) is 4.79 Å². The zero-order chi connectivity index (χ0) is 32.3. The monoisotopic (exact) mass is 636 g/mol. The molecule has 10 nitrogen and oxygen atoms in total. The molecule has 3 saturated carbocycles. The lowest BCUT2D eigenvalue weighted by Gasteiger charge is -2.64. The summed E-state index contributed by atoms with van der Waals surface area (Å²) in [4.78, 5) is 28.5. The highest BCUT2D eigenvalue weighted by Gasteiger charge is 2.68. The first-order chi connectivity index (χ1) is 20.9. The Morgan fingerprint density at radius 1 is 1.02 bits per heavy atom. The summed E-state index contributed by atoms with van der Waals surface area (Å²) in [6, 6.07) is 0. The van der Waals surface area contributed by atoms with Crippen LogP contribution in [0.1, 0.15) is 152 Å². The number of unbranched alkanes of at least 4 members (excludes halogenated alkanes) is 9. The first-order valence-electron chi connectivity index (χ1n) is 17.7. The third kappa shape index (κ3) is 11.1. The number of nitro groups is 1. The van der Waals surface area contributed by atoms with Crippen LogP contribution in [0.3, 0.4) is 0 Å². The molecular weight excluding hydrogens is 569 g/mol. The molecule has 4 N–H and O–H groups in total. The number of nitrogens with one attached hydrogen (secondary N) is 2. The molecule has 2 bridgehead atoms. The van der Waals surface area contributed by atoms with Crippen LogP contribution in [0.2, 0.25) is 0 Å². The van der Waals surface area contributed by atoms with E-state index in [9.17, 15) is 14.9 Å². The minimum atomic E-state index is -0.719. The van der Waals surface area contributed by atoms with Crippen LogP contribution in [0.4, 0.5) is 0 Å². The molecule has 4 aliphatic rings. The lowest BCUT2D eigenvalue weighted by Crippen LogP contribution is -2.65. The van der Waals surface area contributed by atoms with E-state index in [2.05, 4.69) is 51.9 Å². The van der Waals surface area contributed by atoms with E-state index in [-0.39, 0.29) is 48.3 Å². The first-order valence-corrected chi connectivity index (χ1v) is 17.7. The average molecular weight is 636 g/mol. The summed E-state index contributed by atoms with van der Waals surface area (Å²) in [5.74, 6) is 0.982. The molecule has 45 heavy (non-hydrogen) atoms. The van der Waals surface area contributed by atoms with E-state index < -0.39 is 12.2 Å². The van der Waals surface area contributed by atoms with Gasteiger partial charge in [-0.05, 0) is 68.6 Å². The fourth-order valence-corrected chi connectivity index (χ4v) is 8.07. The van der Waals surface area contributed by atoms with Gasteiger partial charge >= 0.3 is 7.12 Å². The maximum atomic E-state index is 13.8. The summed E-state index contributed by atoms with van der Waals surface area (Å²) in [5.41, 5.74) is 7.42. The van der Waals surface area contributed by atoms with E-state index >= 15 is 0 Å². The SMILES string of the molecule is C.CCCCCCCCCCCC[C@@H](CCCN=C(N)N[N+](=O)[O-])C(=O)N[C@@H](CC(C)C)B1O[C@@H]2C[C@@H]3C[C@@H](C3(C)C)[C@]2(C)O1. The highest BCUT2D eigenvalue weighted by Crippen LogP contribution is 2.65. The average Bonchev–Trinajstić information content (AvgIpc) is 3.31. The van der Waals surface area contributed by atoms with Gasteiger partial charge in [0, 0.05) is 12.5 Å². The number of hydrogen-bond donors (Lipinski definition) is 3. The fourth-order valence-electron chi connectivity index (χ4n) is 8.07. The van der Waals surface area contributed by atoms with Crippen LogP contribution >= 0.6 is 0 Å². The van der Waals surface area contributed by atoms with Crippen molar-refractivity contribution in [2.75, 3.05) is 6.54 Å². The van der Waals surface area contributed by atoms with Gasteiger partial charge in [-0.1, -0.05) is 112 Å². The van der Waals surface area contributed by atoms with Crippen LogP contribution in [-0.2, 0) is 14.1 Å². The number of nitrogens with zero attached hydrogens (tertiary/aromatic N) is 2. The van der Waals surface area contributed by atoms with Crippen LogP contribution in [0.15, 0.2) is 4.99 Å². The van der Waals surface area contributed by atoms with Gasteiger partial charge in [0.1, 0.15) is 0 Å². The fraction of sp³-hybridized carbons (Fsp3) is 0.941. The number of rotatable bonds is 21. The van der Waals surface area contributed by atoms with Crippen LogP contribution in [0.25, 0.3) is 0 Å². The van der Waals surface area contributed by atoms with Crippen molar-refractivity contribution in [3.8, 4) is 0 Å². The van der Waals surface area contributed by atoms with Gasteiger partial charge in [0.15, 0.2) is 5.03 Å². The molecule has 6 atom stereocenters. The molecule has 0 spiro atoms. The summed E-state index contributed by atoms with van der Waals surface area (Å²) >= 11 is 0. The molecule has 1 saturated heterocycles. The Morgan fingerprint density at radius 3 is 2.20 bits per heavy atom. The molecule has 0 radical (unpaired) electrons. The Hall–Kier alpha value is -1.88. The maximum absolute atomic E-state index is 13.8. The molecule has 3 aliphatic carbocycles. The maximum Gasteiger partial charge on any atom is 0.481 e. The third-order valence-corrected chi connectivity index (χ3v) is 10.8. The lowest BCUT2D eigenvalue weighted by molar-refractivity contribution is -0.525. The van der Waals surface area contributed by atoms with Gasteiger partial charge in [0.2, 0.25) is 5.91 Å². The summed E-state index contributed by atoms with van der Waals surface area (Å²) < 4.78 is 13.4. The zero-order valence-electron chi connectivity index (χ0n) is 28.6. The Morgan fingerprint density at radius 2 is 1.62 bits per heavy atom. The van der Waals surface area contributed by atoms with Gasteiger partial charge in [0.25, 0.3) is 5.96 Å². The van der Waals surface area contributed by atoms with E-state index in [0.29, 0.717) is 37.1 Å². The Balaban J connectivity index is 0.00000705. The van der Waals surface area contributed by atoms with Crippen LogP contribution < -0.4 is 16.5 Å². The highest BCUT2D eigenvalue weighted by atomic mass is 16.7. The van der Waals surface area contributed by atoms with E-state index in [4.69, 9.17) is 15.0 Å².